The van der Waals surface area contributed by atoms with Crippen LogP contribution in [0, 0.1) is 28.6 Å². The lowest BCUT2D eigenvalue weighted by molar-refractivity contribution is -0.158. The molecule has 3 fully saturated rings. The maximum atomic E-state index is 11.6. The summed E-state index contributed by atoms with van der Waals surface area (Å²) in [6.45, 7) is 5.49. The van der Waals surface area contributed by atoms with Gasteiger partial charge in [-0.1, -0.05) is 12.5 Å². The van der Waals surface area contributed by atoms with Crippen molar-refractivity contribution >= 4 is 11.9 Å². The topological polar surface area (TPSA) is 72.8 Å². The first-order valence-electron chi connectivity index (χ1n) is 11.0. The Kier molecular flexibility index (Phi) is 5.09. The summed E-state index contributed by atoms with van der Waals surface area (Å²) in [6.07, 6.45) is 10.0. The van der Waals surface area contributed by atoms with E-state index in [9.17, 15) is 14.7 Å². The third kappa shape index (κ3) is 3.01. The number of hydrogen-bond donors (Lipinski definition) is 1. The van der Waals surface area contributed by atoms with Crippen molar-refractivity contribution in [3.63, 3.8) is 0 Å². The lowest BCUT2D eigenvalue weighted by atomic mass is 9.47. The third-order valence-corrected chi connectivity index (χ3v) is 8.62. The van der Waals surface area contributed by atoms with E-state index in [0.29, 0.717) is 17.8 Å². The zero-order valence-corrected chi connectivity index (χ0v) is 17.4. The first kappa shape index (κ1) is 19.9. The molecule has 0 aromatic carbocycles. The second kappa shape index (κ2) is 7.16. The van der Waals surface area contributed by atoms with Gasteiger partial charge in [0.2, 0.25) is 0 Å². The van der Waals surface area contributed by atoms with E-state index in [-0.39, 0.29) is 41.6 Å². The molecule has 7 atom stereocenters. The molecule has 3 saturated carbocycles. The minimum atomic E-state index is -0.233. The molecule has 0 amide bonds. The van der Waals surface area contributed by atoms with Crippen molar-refractivity contribution in [2.75, 3.05) is 6.61 Å². The molecule has 0 radical (unpaired) electrons. The second-order valence-corrected chi connectivity index (χ2v) is 9.83. The van der Waals surface area contributed by atoms with E-state index in [1.165, 1.54) is 19.4 Å². The van der Waals surface area contributed by atoms with E-state index in [4.69, 9.17) is 9.47 Å². The lowest BCUT2D eigenvalue weighted by Gasteiger charge is -2.58. The molecule has 28 heavy (non-hydrogen) atoms. The highest BCUT2D eigenvalue weighted by Gasteiger charge is 2.61. The van der Waals surface area contributed by atoms with Crippen LogP contribution < -0.4 is 0 Å². The average Bonchev–Trinajstić information content (AvgIpc) is 2.97. The van der Waals surface area contributed by atoms with Gasteiger partial charge in [-0.15, -0.1) is 0 Å². The van der Waals surface area contributed by atoms with Crippen molar-refractivity contribution in [3.8, 4) is 0 Å². The van der Waals surface area contributed by atoms with Crippen molar-refractivity contribution in [2.24, 2.45) is 28.6 Å². The fraction of sp³-hybridized carbons (Fsp3) is 0.826. The molecular formula is C23H34O5. The first-order valence-corrected chi connectivity index (χ1v) is 11.0. The van der Waals surface area contributed by atoms with Crippen molar-refractivity contribution in [1.29, 1.82) is 0 Å². The van der Waals surface area contributed by atoms with E-state index in [2.05, 4.69) is 13.0 Å². The van der Waals surface area contributed by atoms with Crippen molar-refractivity contribution in [2.45, 2.75) is 84.3 Å². The van der Waals surface area contributed by atoms with Gasteiger partial charge in [0.25, 0.3) is 0 Å². The van der Waals surface area contributed by atoms with Gasteiger partial charge >= 0.3 is 11.9 Å². The molecule has 0 heterocycles. The summed E-state index contributed by atoms with van der Waals surface area (Å²) in [7, 11) is 0. The molecule has 4 aliphatic carbocycles. The summed E-state index contributed by atoms with van der Waals surface area (Å²) in [5.74, 6) is 1.21. The van der Waals surface area contributed by atoms with Gasteiger partial charge in [-0.25, -0.2) is 0 Å². The van der Waals surface area contributed by atoms with Crippen molar-refractivity contribution in [3.05, 3.63) is 11.6 Å². The lowest BCUT2D eigenvalue weighted by Crippen LogP contribution is -2.54. The van der Waals surface area contributed by atoms with E-state index in [1.807, 2.05) is 0 Å². The van der Waals surface area contributed by atoms with Crippen LogP contribution in [0.5, 0.6) is 0 Å². The van der Waals surface area contributed by atoms with Gasteiger partial charge in [-0.2, -0.15) is 0 Å². The van der Waals surface area contributed by atoms with E-state index in [0.717, 1.165) is 51.4 Å². The van der Waals surface area contributed by atoms with Crippen LogP contribution >= 0.6 is 0 Å². The maximum Gasteiger partial charge on any atom is 0.303 e. The second-order valence-electron chi connectivity index (χ2n) is 9.83. The Morgan fingerprint density at radius 1 is 1.04 bits per heavy atom. The van der Waals surface area contributed by atoms with Gasteiger partial charge in [-0.05, 0) is 75.2 Å². The van der Waals surface area contributed by atoms with Crippen LogP contribution in [0.15, 0.2) is 11.6 Å². The molecule has 0 saturated heterocycles. The number of ether oxygens (including phenoxy) is 2. The van der Waals surface area contributed by atoms with Gasteiger partial charge in [-0.3, -0.25) is 9.59 Å². The van der Waals surface area contributed by atoms with E-state index >= 15 is 0 Å². The SMILES string of the molecule is CC(=O)O[C@@H]1C=C2CC[C@@H]3[C@H](CC[C@]4(C)[C@@H](OC(C)=O)CC[C@@H]34)[C@@]2(CO)CC1. The quantitative estimate of drug-likeness (QED) is 0.586. The summed E-state index contributed by atoms with van der Waals surface area (Å²) in [4.78, 5) is 23.0. The Labute approximate surface area is 167 Å². The molecule has 5 nitrogen and oxygen atoms in total. The summed E-state index contributed by atoms with van der Waals surface area (Å²) in [5.41, 5.74) is 1.23. The summed E-state index contributed by atoms with van der Waals surface area (Å²) >= 11 is 0. The van der Waals surface area contributed by atoms with Gasteiger partial charge < -0.3 is 14.6 Å². The molecule has 0 aromatic rings. The molecule has 4 rings (SSSR count). The standard InChI is InChI=1S/C23H34O5/c1-14(25)27-17-8-11-23(13-24)16(12-17)4-5-18-19-6-7-21(28-15(2)26)22(19,3)10-9-20(18)23/h12,17-21,24H,4-11,13H2,1-3H3/t17-,18-,19-,20-,21-,22-,23+/m0/s1. The van der Waals surface area contributed by atoms with Crippen LogP contribution in [0.1, 0.15) is 72.1 Å². The van der Waals surface area contributed by atoms with Crippen molar-refractivity contribution < 1.29 is 24.2 Å². The predicted molar refractivity (Wildman–Crippen MR) is 104 cm³/mol. The summed E-state index contributed by atoms with van der Waals surface area (Å²) in [5, 5.41) is 10.5. The Morgan fingerprint density at radius 2 is 1.79 bits per heavy atom. The number of aliphatic hydroxyl groups is 1. The van der Waals surface area contributed by atoms with Crippen LogP contribution in [0.4, 0.5) is 0 Å². The average molecular weight is 391 g/mol. The molecule has 0 unspecified atom stereocenters. The molecule has 4 aliphatic rings. The number of esters is 2. The predicted octanol–water partition coefficient (Wildman–Crippen LogP) is 3.79. The summed E-state index contributed by atoms with van der Waals surface area (Å²) in [6, 6.07) is 0. The Hall–Kier alpha value is -1.36. The molecule has 0 aromatic heterocycles. The highest BCUT2D eigenvalue weighted by Crippen LogP contribution is 2.65. The molecule has 156 valence electrons. The molecular weight excluding hydrogens is 356 g/mol. The molecule has 5 heteroatoms. The Morgan fingerprint density at radius 3 is 2.46 bits per heavy atom. The Balaban J connectivity index is 1.59. The van der Waals surface area contributed by atoms with E-state index in [1.54, 1.807) is 0 Å². The number of fused-ring (bicyclic) bond motifs is 5. The smallest absolute Gasteiger partial charge is 0.303 e. The highest BCUT2D eigenvalue weighted by atomic mass is 16.5. The van der Waals surface area contributed by atoms with Crippen LogP contribution in [0.2, 0.25) is 0 Å². The monoisotopic (exact) mass is 390 g/mol. The molecule has 0 spiro atoms. The molecule has 1 N–H and O–H groups in total. The number of carbonyl (C=O) groups is 2. The highest BCUT2D eigenvalue weighted by molar-refractivity contribution is 5.66. The van der Waals surface area contributed by atoms with Gasteiger partial charge in [0.15, 0.2) is 0 Å². The minimum Gasteiger partial charge on any atom is -0.462 e. The van der Waals surface area contributed by atoms with Crippen LogP contribution in [-0.4, -0.2) is 35.9 Å². The number of hydrogen-bond acceptors (Lipinski definition) is 5. The number of rotatable bonds is 3. The fourth-order valence-electron chi connectivity index (χ4n) is 7.44. The van der Waals surface area contributed by atoms with Gasteiger partial charge in [0.1, 0.15) is 12.2 Å². The third-order valence-electron chi connectivity index (χ3n) is 8.62. The van der Waals surface area contributed by atoms with E-state index < -0.39 is 0 Å². The Bertz CT molecular complexity index is 684. The first-order chi connectivity index (χ1) is 13.3. The van der Waals surface area contributed by atoms with Crippen molar-refractivity contribution in [1.82, 2.24) is 0 Å². The van der Waals surface area contributed by atoms with Crippen LogP contribution in [0.3, 0.4) is 0 Å². The fourth-order valence-corrected chi connectivity index (χ4v) is 7.44. The van der Waals surface area contributed by atoms with Crippen LogP contribution in [0.25, 0.3) is 0 Å². The van der Waals surface area contributed by atoms with Gasteiger partial charge in [0.05, 0.1) is 6.61 Å². The van der Waals surface area contributed by atoms with Gasteiger partial charge in [0, 0.05) is 24.7 Å². The molecule has 0 bridgehead atoms. The largest absolute Gasteiger partial charge is 0.462 e. The zero-order chi connectivity index (χ0) is 20.1. The summed E-state index contributed by atoms with van der Waals surface area (Å²) < 4.78 is 11.2. The number of carbonyl (C=O) groups excluding carboxylic acids is 2. The molecule has 0 aliphatic heterocycles. The maximum absolute atomic E-state index is 11.6. The normalized spacial score (nSPS) is 44.6. The van der Waals surface area contributed by atoms with Crippen LogP contribution in [-0.2, 0) is 19.1 Å². The number of aliphatic hydroxyl groups excluding tert-OH is 1. The minimum absolute atomic E-state index is 0.0395. The zero-order valence-electron chi connectivity index (χ0n) is 17.4.